The highest BCUT2D eigenvalue weighted by Crippen LogP contribution is 2.33. The van der Waals surface area contributed by atoms with Gasteiger partial charge in [-0.15, -0.1) is 0 Å². The molecule has 0 radical (unpaired) electrons. The second kappa shape index (κ2) is 20.1. The molecule has 0 atom stereocenters. The van der Waals surface area contributed by atoms with Crippen LogP contribution in [-0.2, 0) is 25.7 Å². The fraction of sp³-hybridized carbons (Fsp3) is 0.524. The molecule has 0 N–H and O–H groups in total. The van der Waals surface area contributed by atoms with Crippen molar-refractivity contribution in [1.82, 2.24) is 0 Å². The van der Waals surface area contributed by atoms with Gasteiger partial charge in [0, 0.05) is 12.5 Å². The van der Waals surface area contributed by atoms with E-state index in [9.17, 15) is 0 Å². The van der Waals surface area contributed by atoms with Crippen molar-refractivity contribution in [3.8, 4) is 11.1 Å². The van der Waals surface area contributed by atoms with Crippen LogP contribution in [0.3, 0.4) is 0 Å². The molecule has 0 aromatic heterocycles. The molecule has 0 amide bonds. The minimum atomic E-state index is 0.847. The summed E-state index contributed by atoms with van der Waals surface area (Å²) in [6.07, 6.45) is 20.8. The third kappa shape index (κ3) is 10.9. The standard InChI is InChI=1S/C42H61N2/c1-7-13-16-19-24-35-29-28-34(30-37(35)27-20-17-14-8-2)31-40(10-4)44(12-6)43-39-32-38(23-15-9-3)41(11-5)42(33-39)36-25-21-18-22-26-36/h18,21-22,25-26,28-33H,7-17,19-20,23-24,27H2,1-6H3/q+1. The van der Waals surface area contributed by atoms with Crippen LogP contribution in [0.5, 0.6) is 0 Å². The molecule has 0 bridgehead atoms. The van der Waals surface area contributed by atoms with E-state index in [4.69, 9.17) is 5.11 Å². The first-order valence-electron chi connectivity index (χ1n) is 18.1. The first-order chi connectivity index (χ1) is 21.6. The van der Waals surface area contributed by atoms with Crippen LogP contribution >= 0.6 is 0 Å². The molecule has 0 aliphatic heterocycles. The number of aryl methyl sites for hydroxylation is 3. The van der Waals surface area contributed by atoms with Crippen LogP contribution < -0.4 is 0 Å². The maximum absolute atomic E-state index is 5.31. The summed E-state index contributed by atoms with van der Waals surface area (Å²) in [6.45, 7) is 14.5. The molecule has 2 nitrogen and oxygen atoms in total. The van der Waals surface area contributed by atoms with Gasteiger partial charge in [-0.3, -0.25) is 0 Å². The van der Waals surface area contributed by atoms with E-state index in [0.29, 0.717) is 0 Å². The van der Waals surface area contributed by atoms with Gasteiger partial charge in [0.15, 0.2) is 6.54 Å². The molecule has 44 heavy (non-hydrogen) atoms. The maximum Gasteiger partial charge on any atom is 0.208 e. The van der Waals surface area contributed by atoms with Crippen molar-refractivity contribution in [2.75, 3.05) is 6.54 Å². The predicted molar refractivity (Wildman–Crippen MR) is 193 cm³/mol. The lowest BCUT2D eigenvalue weighted by atomic mass is 9.91. The van der Waals surface area contributed by atoms with Crippen molar-refractivity contribution < 1.29 is 4.70 Å². The molecule has 0 fully saturated rings. The van der Waals surface area contributed by atoms with E-state index in [1.165, 1.54) is 111 Å². The van der Waals surface area contributed by atoms with E-state index in [2.05, 4.69) is 113 Å². The number of unbranched alkanes of at least 4 members (excludes halogenated alkanes) is 7. The van der Waals surface area contributed by atoms with Gasteiger partial charge in [-0.05, 0) is 108 Å². The summed E-state index contributed by atoms with van der Waals surface area (Å²) in [5.41, 5.74) is 12.3. The quantitative estimate of drug-likeness (QED) is 0.0703. The summed E-state index contributed by atoms with van der Waals surface area (Å²) in [5.74, 6) is 0. The van der Waals surface area contributed by atoms with E-state index >= 15 is 0 Å². The number of hydrogen-bond donors (Lipinski definition) is 0. The van der Waals surface area contributed by atoms with Gasteiger partial charge in [0.25, 0.3) is 0 Å². The van der Waals surface area contributed by atoms with Crippen molar-refractivity contribution in [1.29, 1.82) is 0 Å². The second-order valence-corrected chi connectivity index (χ2v) is 12.4. The minimum absolute atomic E-state index is 0.847. The molecule has 0 spiro atoms. The molecule has 3 aromatic carbocycles. The molecule has 238 valence electrons. The van der Waals surface area contributed by atoms with Crippen LogP contribution in [0, 0.1) is 0 Å². The first-order valence-corrected chi connectivity index (χ1v) is 18.1. The maximum atomic E-state index is 5.31. The zero-order valence-electron chi connectivity index (χ0n) is 29.1. The van der Waals surface area contributed by atoms with Crippen LogP contribution in [0.4, 0.5) is 5.69 Å². The fourth-order valence-electron chi connectivity index (χ4n) is 6.38. The van der Waals surface area contributed by atoms with Gasteiger partial charge in [0.1, 0.15) is 5.69 Å². The molecule has 0 aliphatic carbocycles. The summed E-state index contributed by atoms with van der Waals surface area (Å²) in [7, 11) is 0. The van der Waals surface area contributed by atoms with Gasteiger partial charge in [-0.2, -0.15) is 0 Å². The Hall–Kier alpha value is -3.00. The Balaban J connectivity index is 2.00. The number of rotatable bonds is 20. The second-order valence-electron chi connectivity index (χ2n) is 12.4. The number of hydrogen-bond acceptors (Lipinski definition) is 1. The van der Waals surface area contributed by atoms with Crippen LogP contribution in [0.15, 0.2) is 71.5 Å². The smallest absolute Gasteiger partial charge is 0.0882 e. The van der Waals surface area contributed by atoms with E-state index in [1.807, 2.05) is 0 Å². The Morgan fingerprint density at radius 1 is 0.636 bits per heavy atom. The number of benzene rings is 3. The van der Waals surface area contributed by atoms with Crippen molar-refractivity contribution >= 4 is 11.8 Å². The van der Waals surface area contributed by atoms with E-state index in [-0.39, 0.29) is 0 Å². The van der Waals surface area contributed by atoms with Gasteiger partial charge >= 0.3 is 0 Å². The Morgan fingerprint density at radius 2 is 1.30 bits per heavy atom. The fourth-order valence-corrected chi connectivity index (χ4v) is 6.38. The molecule has 3 aromatic rings. The Bertz CT molecular complexity index is 1320. The molecular weight excluding hydrogens is 532 g/mol. The lowest BCUT2D eigenvalue weighted by Crippen LogP contribution is -2.08. The summed E-state index contributed by atoms with van der Waals surface area (Å²) < 4.78 is 2.24. The van der Waals surface area contributed by atoms with Gasteiger partial charge < -0.3 is 0 Å². The Morgan fingerprint density at radius 3 is 1.91 bits per heavy atom. The number of azo groups is 2. The molecular formula is C42H61N2+. The third-order valence-electron chi connectivity index (χ3n) is 8.96. The highest BCUT2D eigenvalue weighted by Gasteiger charge is 2.17. The molecule has 0 saturated heterocycles. The third-order valence-corrected chi connectivity index (χ3v) is 8.96. The van der Waals surface area contributed by atoms with Crippen molar-refractivity contribution in [3.63, 3.8) is 0 Å². The average molecular weight is 594 g/mol. The van der Waals surface area contributed by atoms with Crippen LogP contribution in [-0.4, -0.2) is 11.2 Å². The number of allylic oxidation sites excluding steroid dienone is 1. The van der Waals surface area contributed by atoms with Gasteiger partial charge in [-0.1, -0.05) is 133 Å². The lowest BCUT2D eigenvalue weighted by molar-refractivity contribution is -0.539. The summed E-state index contributed by atoms with van der Waals surface area (Å²) in [4.78, 5) is 0. The molecule has 3 rings (SSSR count). The molecule has 0 heterocycles. The van der Waals surface area contributed by atoms with Gasteiger partial charge in [-0.25, -0.2) is 0 Å². The largest absolute Gasteiger partial charge is 0.208 e. The summed E-state index contributed by atoms with van der Waals surface area (Å²) >= 11 is 0. The Kier molecular flexibility index (Phi) is 16.2. The van der Waals surface area contributed by atoms with Gasteiger partial charge in [0.2, 0.25) is 5.70 Å². The summed E-state index contributed by atoms with van der Waals surface area (Å²) in [5, 5.41) is 5.31. The van der Waals surface area contributed by atoms with Crippen LogP contribution in [0.25, 0.3) is 17.2 Å². The first kappa shape index (κ1) is 35.5. The normalized spacial score (nSPS) is 12.2. The van der Waals surface area contributed by atoms with Crippen molar-refractivity contribution in [2.24, 2.45) is 5.11 Å². The number of nitrogens with zero attached hydrogens (tertiary/aromatic N) is 2. The van der Waals surface area contributed by atoms with Crippen molar-refractivity contribution in [3.05, 3.63) is 94.2 Å². The van der Waals surface area contributed by atoms with Crippen LogP contribution in [0.1, 0.15) is 140 Å². The van der Waals surface area contributed by atoms with E-state index in [1.54, 1.807) is 11.1 Å². The highest BCUT2D eigenvalue weighted by atomic mass is 15.3. The molecule has 0 unspecified atom stereocenters. The topological polar surface area (TPSA) is 15.4 Å². The monoisotopic (exact) mass is 593 g/mol. The minimum Gasteiger partial charge on any atom is -0.0882 e. The highest BCUT2D eigenvalue weighted by molar-refractivity contribution is 5.72. The van der Waals surface area contributed by atoms with Crippen LogP contribution in [0.2, 0.25) is 0 Å². The van der Waals surface area contributed by atoms with Gasteiger partial charge in [0.05, 0.1) is 0 Å². The van der Waals surface area contributed by atoms with E-state index in [0.717, 1.165) is 31.5 Å². The Labute approximate surface area is 270 Å². The van der Waals surface area contributed by atoms with E-state index < -0.39 is 0 Å². The zero-order valence-corrected chi connectivity index (χ0v) is 29.1. The predicted octanol–water partition coefficient (Wildman–Crippen LogP) is 13.1. The molecule has 0 aliphatic rings. The summed E-state index contributed by atoms with van der Waals surface area (Å²) in [6, 6.07) is 22.8. The van der Waals surface area contributed by atoms with Crippen molar-refractivity contribution in [2.45, 2.75) is 138 Å². The lowest BCUT2D eigenvalue weighted by Gasteiger charge is -2.15. The zero-order chi connectivity index (χ0) is 31.6. The average Bonchev–Trinajstić information content (AvgIpc) is 3.06. The molecule has 2 heteroatoms. The SMILES string of the molecule is CCCCCCc1ccc(C=C(CC)[N+](CC)=Nc2cc(CCCC)c(CC)c(-c3ccccc3)c2)cc1CCCCCC. The molecule has 0 saturated carbocycles.